The van der Waals surface area contributed by atoms with Crippen molar-refractivity contribution in [2.24, 2.45) is 10.2 Å². The Morgan fingerprint density at radius 2 is 1.91 bits per heavy atom. The predicted molar refractivity (Wildman–Crippen MR) is 82.9 cm³/mol. The van der Waals surface area contributed by atoms with Gasteiger partial charge < -0.3 is 10.1 Å². The van der Waals surface area contributed by atoms with Crippen LogP contribution in [0.4, 0.5) is 20.2 Å². The largest absolute Gasteiger partial charge is 0.493 e. The molecule has 3 rings (SSSR count). The minimum Gasteiger partial charge on any atom is -0.493 e. The molecule has 0 bridgehead atoms. The molecule has 0 aliphatic heterocycles. The molecule has 0 saturated carbocycles. The molecular formula is C15H10BrF2N3O. The molecule has 7 heteroatoms. The Morgan fingerprint density at radius 3 is 2.64 bits per heavy atom. The molecule has 0 aliphatic carbocycles. The van der Waals surface area contributed by atoms with Crippen LogP contribution in [0.15, 0.2) is 45.0 Å². The lowest BCUT2D eigenvalue weighted by Crippen LogP contribution is -1.80. The Balaban J connectivity index is 2.08. The number of H-pyrrole nitrogens is 1. The Morgan fingerprint density at radius 1 is 1.14 bits per heavy atom. The fourth-order valence-corrected chi connectivity index (χ4v) is 2.34. The Hall–Kier alpha value is -2.28. The van der Waals surface area contributed by atoms with Crippen LogP contribution >= 0.6 is 15.9 Å². The van der Waals surface area contributed by atoms with E-state index in [1.165, 1.54) is 0 Å². The highest BCUT2D eigenvalue weighted by Gasteiger charge is 2.15. The second-order valence-electron chi connectivity index (χ2n) is 4.77. The molecule has 0 aliphatic rings. The minimum atomic E-state index is -0.800. The van der Waals surface area contributed by atoms with Crippen LogP contribution in [0.5, 0.6) is 5.88 Å². The van der Waals surface area contributed by atoms with Gasteiger partial charge in [-0.05, 0) is 36.8 Å². The molecule has 1 heterocycles. The van der Waals surface area contributed by atoms with Gasteiger partial charge in [0.25, 0.3) is 0 Å². The van der Waals surface area contributed by atoms with Gasteiger partial charge in [-0.1, -0.05) is 15.9 Å². The van der Waals surface area contributed by atoms with E-state index in [1.54, 1.807) is 12.1 Å². The second kappa shape index (κ2) is 5.49. The molecule has 1 aromatic heterocycles. The van der Waals surface area contributed by atoms with Gasteiger partial charge in [-0.15, -0.1) is 5.11 Å². The lowest BCUT2D eigenvalue weighted by molar-refractivity contribution is 0.459. The maximum Gasteiger partial charge on any atom is 0.218 e. The van der Waals surface area contributed by atoms with Crippen molar-refractivity contribution in [3.63, 3.8) is 0 Å². The first-order chi connectivity index (χ1) is 10.5. The fourth-order valence-electron chi connectivity index (χ4n) is 2.09. The standard InChI is InChI=1S/C15H10BrF2N3O/c1-7-4-9(2-3-11(7)16)20-21-14-10-5-8(17)6-12(18)13(10)19-15(14)22/h2-6,19,22H,1H3. The number of nitrogens with zero attached hydrogens (tertiary/aromatic N) is 2. The number of rotatable bonds is 2. The minimum absolute atomic E-state index is 0.00558. The third kappa shape index (κ3) is 2.59. The number of hydrogen-bond donors (Lipinski definition) is 2. The third-order valence-electron chi connectivity index (χ3n) is 3.18. The van der Waals surface area contributed by atoms with Gasteiger partial charge in [0.1, 0.15) is 11.6 Å². The van der Waals surface area contributed by atoms with E-state index in [0.29, 0.717) is 5.69 Å². The van der Waals surface area contributed by atoms with Crippen molar-refractivity contribution < 1.29 is 13.9 Å². The summed E-state index contributed by atoms with van der Waals surface area (Å²) < 4.78 is 27.9. The van der Waals surface area contributed by atoms with E-state index < -0.39 is 11.6 Å². The monoisotopic (exact) mass is 365 g/mol. The molecule has 0 atom stereocenters. The number of nitrogens with one attached hydrogen (secondary N) is 1. The highest BCUT2D eigenvalue weighted by atomic mass is 79.9. The van der Waals surface area contributed by atoms with Gasteiger partial charge in [-0.25, -0.2) is 8.78 Å². The van der Waals surface area contributed by atoms with Crippen molar-refractivity contribution >= 4 is 38.2 Å². The van der Waals surface area contributed by atoms with E-state index in [2.05, 4.69) is 31.1 Å². The van der Waals surface area contributed by atoms with Crippen LogP contribution < -0.4 is 0 Å². The van der Waals surface area contributed by atoms with Gasteiger partial charge >= 0.3 is 0 Å². The van der Waals surface area contributed by atoms with Crippen molar-refractivity contribution in [1.82, 2.24) is 4.98 Å². The molecule has 0 radical (unpaired) electrons. The van der Waals surface area contributed by atoms with E-state index in [0.717, 1.165) is 22.2 Å². The average Bonchev–Trinajstić information content (AvgIpc) is 2.77. The molecule has 22 heavy (non-hydrogen) atoms. The van der Waals surface area contributed by atoms with Gasteiger partial charge in [-0.3, -0.25) is 0 Å². The number of hydrogen-bond acceptors (Lipinski definition) is 3. The predicted octanol–water partition coefficient (Wildman–Crippen LogP) is 5.64. The maximum atomic E-state index is 13.6. The van der Waals surface area contributed by atoms with E-state index in [1.807, 2.05) is 13.0 Å². The quantitative estimate of drug-likeness (QED) is 0.567. The topological polar surface area (TPSA) is 60.7 Å². The summed E-state index contributed by atoms with van der Waals surface area (Å²) in [4.78, 5) is 2.43. The number of aromatic hydroxyl groups is 1. The van der Waals surface area contributed by atoms with Gasteiger partial charge in [0.05, 0.1) is 11.2 Å². The first-order valence-corrected chi connectivity index (χ1v) is 7.12. The van der Waals surface area contributed by atoms with Gasteiger partial charge in [0.15, 0.2) is 5.69 Å². The second-order valence-corrected chi connectivity index (χ2v) is 5.62. The maximum absolute atomic E-state index is 13.6. The summed E-state index contributed by atoms with van der Waals surface area (Å²) in [6.45, 7) is 1.90. The van der Waals surface area contributed by atoms with Crippen molar-refractivity contribution in [3.05, 3.63) is 52.0 Å². The first-order valence-electron chi connectivity index (χ1n) is 6.33. The van der Waals surface area contributed by atoms with Crippen molar-refractivity contribution in [2.45, 2.75) is 6.92 Å². The van der Waals surface area contributed by atoms with Crippen LogP contribution in [-0.4, -0.2) is 10.1 Å². The summed E-state index contributed by atoms with van der Waals surface area (Å²) in [6.07, 6.45) is 0. The number of halogens is 3. The van der Waals surface area contributed by atoms with E-state index in [-0.39, 0.29) is 22.5 Å². The highest BCUT2D eigenvalue weighted by Crippen LogP contribution is 2.38. The number of aryl methyl sites for hydroxylation is 1. The molecule has 2 aromatic carbocycles. The number of benzene rings is 2. The number of aromatic amines is 1. The third-order valence-corrected chi connectivity index (χ3v) is 4.07. The average molecular weight is 366 g/mol. The molecule has 0 unspecified atom stereocenters. The van der Waals surface area contributed by atoms with Crippen molar-refractivity contribution in [2.75, 3.05) is 0 Å². The zero-order valence-corrected chi connectivity index (χ0v) is 12.9. The Labute approximate surface area is 132 Å². The summed E-state index contributed by atoms with van der Waals surface area (Å²) in [6, 6.07) is 7.17. The molecule has 3 aromatic rings. The van der Waals surface area contributed by atoms with Crippen LogP contribution in [0.2, 0.25) is 0 Å². The van der Waals surface area contributed by atoms with Crippen molar-refractivity contribution in [3.8, 4) is 5.88 Å². The Bertz CT molecular complexity index is 905. The molecule has 0 fully saturated rings. The summed E-state index contributed by atoms with van der Waals surface area (Å²) in [5, 5.41) is 17.9. The first kappa shape index (κ1) is 14.6. The summed E-state index contributed by atoms with van der Waals surface area (Å²) in [7, 11) is 0. The number of azo groups is 1. The lowest BCUT2D eigenvalue weighted by Gasteiger charge is -1.98. The lowest BCUT2D eigenvalue weighted by atomic mass is 10.2. The van der Waals surface area contributed by atoms with Crippen molar-refractivity contribution in [1.29, 1.82) is 0 Å². The number of fused-ring (bicyclic) bond motifs is 1. The molecule has 4 nitrogen and oxygen atoms in total. The molecule has 0 amide bonds. The SMILES string of the molecule is Cc1cc(N=Nc2c(O)[nH]c3c(F)cc(F)cc23)ccc1Br. The Kier molecular flexibility index (Phi) is 3.66. The molecule has 112 valence electrons. The zero-order valence-electron chi connectivity index (χ0n) is 11.4. The fraction of sp³-hybridized carbons (Fsp3) is 0.0667. The normalized spacial score (nSPS) is 11.6. The van der Waals surface area contributed by atoms with Gasteiger partial charge in [-0.2, -0.15) is 5.11 Å². The number of aromatic nitrogens is 1. The van der Waals surface area contributed by atoms with Crippen LogP contribution in [0, 0.1) is 18.6 Å². The molecule has 2 N–H and O–H groups in total. The van der Waals surface area contributed by atoms with E-state index in [9.17, 15) is 13.9 Å². The van der Waals surface area contributed by atoms with Crippen LogP contribution in [0.25, 0.3) is 10.9 Å². The van der Waals surface area contributed by atoms with Gasteiger partial charge in [0, 0.05) is 15.9 Å². The molecular weight excluding hydrogens is 356 g/mol. The van der Waals surface area contributed by atoms with Crippen LogP contribution in [0.1, 0.15) is 5.56 Å². The molecule has 0 saturated heterocycles. The van der Waals surface area contributed by atoms with E-state index in [4.69, 9.17) is 0 Å². The summed E-state index contributed by atoms with van der Waals surface area (Å²) in [5.74, 6) is -1.91. The van der Waals surface area contributed by atoms with E-state index >= 15 is 0 Å². The summed E-state index contributed by atoms with van der Waals surface area (Å²) in [5.41, 5.74) is 1.51. The smallest absolute Gasteiger partial charge is 0.218 e. The van der Waals surface area contributed by atoms with Gasteiger partial charge in [0.2, 0.25) is 5.88 Å². The van der Waals surface area contributed by atoms with Crippen LogP contribution in [-0.2, 0) is 0 Å². The molecule has 0 spiro atoms. The summed E-state index contributed by atoms with van der Waals surface area (Å²) >= 11 is 3.38. The van der Waals surface area contributed by atoms with Crippen LogP contribution in [0.3, 0.4) is 0 Å². The zero-order chi connectivity index (χ0) is 15.9. The highest BCUT2D eigenvalue weighted by molar-refractivity contribution is 9.10.